The van der Waals surface area contributed by atoms with Crippen molar-refractivity contribution in [2.45, 2.75) is 76.3 Å². The molecule has 0 heterocycles. The van der Waals surface area contributed by atoms with Crippen molar-refractivity contribution in [3.8, 4) is 0 Å². The number of aliphatic hydroxyl groups is 4. The van der Waals surface area contributed by atoms with Crippen molar-refractivity contribution in [3.63, 3.8) is 0 Å². The first-order valence-electron chi connectivity index (χ1n) is 12.3. The Bertz CT molecular complexity index is 957. The largest absolute Gasteiger partial charge is 0.480 e. The van der Waals surface area contributed by atoms with E-state index in [1.807, 2.05) is 5.32 Å². The summed E-state index contributed by atoms with van der Waals surface area (Å²) < 4.78 is 0. The van der Waals surface area contributed by atoms with Gasteiger partial charge in [0.05, 0.1) is 44.1 Å². The average molecular weight is 594 g/mol. The summed E-state index contributed by atoms with van der Waals surface area (Å²) >= 11 is 0. The zero-order valence-corrected chi connectivity index (χ0v) is 22.9. The number of hydrogen-bond donors (Lipinski definition) is 12. The fourth-order valence-electron chi connectivity index (χ4n) is 2.93. The highest BCUT2D eigenvalue weighted by Crippen LogP contribution is 1.97. The minimum Gasteiger partial charge on any atom is -0.480 e. The first kappa shape index (κ1) is 37.1. The second kappa shape index (κ2) is 17.7. The lowest BCUT2D eigenvalue weighted by molar-refractivity contribution is -0.144. The molecule has 0 aromatic heterocycles. The molecule has 19 heteroatoms. The zero-order chi connectivity index (χ0) is 32.0. The summed E-state index contributed by atoms with van der Waals surface area (Å²) in [6.45, 7) is 2.52. The van der Waals surface area contributed by atoms with Crippen molar-refractivity contribution in [2.75, 3.05) is 19.6 Å². The van der Waals surface area contributed by atoms with Gasteiger partial charge in [0, 0.05) is 0 Å². The highest BCUT2D eigenvalue weighted by Gasteiger charge is 2.30. The Hall–Kier alpha value is -3.91. The molecule has 0 radical (unpaired) electrons. The van der Waals surface area contributed by atoms with E-state index in [0.29, 0.717) is 0 Å². The lowest BCUT2D eigenvalue weighted by Gasteiger charge is -2.23. The lowest BCUT2D eigenvalue weighted by atomic mass is 10.1. The molecule has 0 saturated carbocycles. The minimum atomic E-state index is -1.64. The van der Waals surface area contributed by atoms with Gasteiger partial charge in [0.15, 0.2) is 6.04 Å². The third kappa shape index (κ3) is 13.8. The van der Waals surface area contributed by atoms with Crippen LogP contribution in [0.25, 0.3) is 0 Å². The van der Waals surface area contributed by atoms with Crippen LogP contribution in [-0.4, -0.2) is 135 Å². The maximum Gasteiger partial charge on any atom is 0.328 e. The lowest BCUT2D eigenvalue weighted by Crippen LogP contribution is -2.58. The number of aliphatic carboxylic acids is 1. The number of carbonyl (C=O) groups is 7. The maximum absolute atomic E-state index is 12.4. The number of carboxylic acids is 1. The van der Waals surface area contributed by atoms with Gasteiger partial charge in [0.2, 0.25) is 35.4 Å². The highest BCUT2D eigenvalue weighted by molar-refractivity contribution is 5.95. The normalized spacial score (nSPS) is 16.7. The molecule has 0 fully saturated rings. The number of nitrogens with one attached hydrogen (secondary N) is 6. The summed E-state index contributed by atoms with van der Waals surface area (Å²) in [5, 5.41) is 60.0. The van der Waals surface area contributed by atoms with Crippen molar-refractivity contribution in [3.05, 3.63) is 0 Å². The summed E-state index contributed by atoms with van der Waals surface area (Å²) in [6, 6.07) is -6.12. The van der Waals surface area contributed by atoms with Crippen LogP contribution in [0.3, 0.4) is 0 Å². The molecule has 234 valence electrons. The van der Waals surface area contributed by atoms with Gasteiger partial charge in [-0.3, -0.25) is 28.8 Å². The second-order valence-corrected chi connectivity index (χ2v) is 9.12. The van der Waals surface area contributed by atoms with E-state index in [-0.39, 0.29) is 0 Å². The van der Waals surface area contributed by atoms with Gasteiger partial charge in [-0.05, 0) is 27.7 Å². The van der Waals surface area contributed by atoms with Crippen molar-refractivity contribution < 1.29 is 59.1 Å². The van der Waals surface area contributed by atoms with Crippen LogP contribution in [0.5, 0.6) is 0 Å². The average Bonchev–Trinajstić information content (AvgIpc) is 2.87. The predicted octanol–water partition coefficient (Wildman–Crippen LogP) is -7.28. The quantitative estimate of drug-likeness (QED) is 0.0746. The fraction of sp³-hybridized carbons (Fsp3) is 0.682. The van der Waals surface area contributed by atoms with Crippen molar-refractivity contribution in [1.82, 2.24) is 31.9 Å². The SMILES string of the molecule is C[C@@H](O)[C@H](N)C(=O)NCC(=O)N[C@H](C(=O)NCC(=O)N[C@H](C(=O)NCC(=O)N[C@H](C(=O)O)[C@@H](C)O)[C@@H](C)O)[C@@H](C)O. The van der Waals surface area contributed by atoms with E-state index in [1.165, 1.54) is 6.92 Å². The zero-order valence-electron chi connectivity index (χ0n) is 22.9. The molecular formula is C22H39N7O12. The molecule has 0 aromatic carbocycles. The summed E-state index contributed by atoms with van der Waals surface area (Å²) in [6.07, 6.45) is -5.56. The molecule has 0 bridgehead atoms. The first-order chi connectivity index (χ1) is 18.9. The topological polar surface area (TPSA) is 319 Å². The van der Waals surface area contributed by atoms with E-state index in [2.05, 4.69) is 26.6 Å². The summed E-state index contributed by atoms with van der Waals surface area (Å²) in [5.74, 6) is -7.28. The van der Waals surface area contributed by atoms with Crippen LogP contribution in [0.15, 0.2) is 0 Å². The Labute approximate surface area is 234 Å². The predicted molar refractivity (Wildman–Crippen MR) is 137 cm³/mol. The Kier molecular flexibility index (Phi) is 16.0. The van der Waals surface area contributed by atoms with Crippen LogP contribution in [0.4, 0.5) is 0 Å². The standard InChI is InChI=1S/C22H39N7O12/c1-8(30)15(23)19(37)24-5-12(34)27-16(9(2)31)20(38)25-6-13(35)28-17(10(3)32)21(39)26-7-14(36)29-18(11(4)33)22(40)41/h8-11,15-18,30-33H,5-7,23H2,1-4H3,(H,24,37)(H,25,38)(H,26,39)(H,27,34)(H,28,35)(H,29,36)(H,40,41)/t8-,9-,10-,11-,15+,16+,17+,18+/m1/s1. The smallest absolute Gasteiger partial charge is 0.328 e. The number of carbonyl (C=O) groups excluding carboxylic acids is 6. The molecule has 13 N–H and O–H groups in total. The Morgan fingerprint density at radius 1 is 0.537 bits per heavy atom. The van der Waals surface area contributed by atoms with Gasteiger partial charge in [0.1, 0.15) is 18.1 Å². The first-order valence-corrected chi connectivity index (χ1v) is 12.3. The Balaban J connectivity index is 4.94. The van der Waals surface area contributed by atoms with E-state index in [9.17, 15) is 54.0 Å². The van der Waals surface area contributed by atoms with Crippen LogP contribution >= 0.6 is 0 Å². The molecule has 0 unspecified atom stereocenters. The number of rotatable bonds is 17. The molecule has 0 spiro atoms. The second-order valence-electron chi connectivity index (χ2n) is 9.12. The molecule has 8 atom stereocenters. The van der Waals surface area contributed by atoms with E-state index in [0.717, 1.165) is 20.8 Å². The third-order valence-electron chi connectivity index (χ3n) is 5.32. The van der Waals surface area contributed by atoms with E-state index in [1.54, 1.807) is 0 Å². The molecule has 41 heavy (non-hydrogen) atoms. The van der Waals surface area contributed by atoms with Gasteiger partial charge < -0.3 is 63.2 Å². The monoisotopic (exact) mass is 593 g/mol. The van der Waals surface area contributed by atoms with Crippen LogP contribution < -0.4 is 37.6 Å². The van der Waals surface area contributed by atoms with Crippen LogP contribution in [0.2, 0.25) is 0 Å². The molecule has 0 aliphatic heterocycles. The molecule has 0 aliphatic rings. The van der Waals surface area contributed by atoms with Gasteiger partial charge in [-0.1, -0.05) is 0 Å². The molecule has 0 rings (SSSR count). The van der Waals surface area contributed by atoms with Crippen molar-refractivity contribution in [1.29, 1.82) is 0 Å². The van der Waals surface area contributed by atoms with E-state index < -0.39 is 110 Å². The Morgan fingerprint density at radius 3 is 1.10 bits per heavy atom. The third-order valence-corrected chi connectivity index (χ3v) is 5.32. The molecule has 0 saturated heterocycles. The summed E-state index contributed by atoms with van der Waals surface area (Å²) in [7, 11) is 0. The summed E-state index contributed by atoms with van der Waals surface area (Å²) in [5.41, 5.74) is 5.43. The van der Waals surface area contributed by atoms with Crippen molar-refractivity contribution >= 4 is 41.4 Å². The van der Waals surface area contributed by atoms with Gasteiger partial charge >= 0.3 is 5.97 Å². The molecule has 0 aromatic rings. The summed E-state index contributed by atoms with van der Waals surface area (Å²) in [4.78, 5) is 83.8. The van der Waals surface area contributed by atoms with Gasteiger partial charge in [-0.25, -0.2) is 4.79 Å². The number of carboxylic acid groups (broad SMARTS) is 1. The van der Waals surface area contributed by atoms with Crippen molar-refractivity contribution in [2.24, 2.45) is 5.73 Å². The molecule has 0 aliphatic carbocycles. The fourth-order valence-corrected chi connectivity index (χ4v) is 2.93. The van der Waals surface area contributed by atoms with Crippen LogP contribution in [0, 0.1) is 0 Å². The highest BCUT2D eigenvalue weighted by atomic mass is 16.4. The number of aliphatic hydroxyl groups excluding tert-OH is 4. The molecular weight excluding hydrogens is 554 g/mol. The van der Waals surface area contributed by atoms with E-state index in [4.69, 9.17) is 10.8 Å². The van der Waals surface area contributed by atoms with Gasteiger partial charge in [-0.2, -0.15) is 0 Å². The van der Waals surface area contributed by atoms with Gasteiger partial charge in [0.25, 0.3) is 0 Å². The maximum atomic E-state index is 12.4. The van der Waals surface area contributed by atoms with Gasteiger partial charge in [-0.15, -0.1) is 0 Å². The number of hydrogen-bond acceptors (Lipinski definition) is 12. The Morgan fingerprint density at radius 2 is 0.829 bits per heavy atom. The van der Waals surface area contributed by atoms with Crippen LogP contribution in [0.1, 0.15) is 27.7 Å². The number of amides is 6. The molecule has 19 nitrogen and oxygen atoms in total. The van der Waals surface area contributed by atoms with Crippen LogP contribution in [-0.2, 0) is 33.6 Å². The van der Waals surface area contributed by atoms with E-state index >= 15 is 0 Å². The minimum absolute atomic E-state index is 0.643. The number of nitrogens with two attached hydrogens (primary N) is 1. The molecule has 6 amide bonds.